The number of rotatable bonds is 9. The molecule has 1 aromatic heterocycles. The fourth-order valence-corrected chi connectivity index (χ4v) is 3.93. The van der Waals surface area contributed by atoms with Crippen LogP contribution >= 0.6 is 11.6 Å². The molecule has 1 atom stereocenters. The first-order valence-corrected chi connectivity index (χ1v) is 11.3. The van der Waals surface area contributed by atoms with Crippen LogP contribution in [0.4, 0.5) is 0 Å². The van der Waals surface area contributed by atoms with Gasteiger partial charge in [0.25, 0.3) is 5.91 Å². The van der Waals surface area contributed by atoms with Crippen LogP contribution in [0.3, 0.4) is 0 Å². The third-order valence-electron chi connectivity index (χ3n) is 5.79. The van der Waals surface area contributed by atoms with Crippen molar-refractivity contribution in [3.63, 3.8) is 0 Å². The van der Waals surface area contributed by atoms with Crippen molar-refractivity contribution in [1.82, 2.24) is 9.47 Å². The number of Topliss-reactive ketones (excluding diaryl/α,β-unsaturated/α-hetero) is 1. The van der Waals surface area contributed by atoms with Crippen molar-refractivity contribution in [3.05, 3.63) is 57.4 Å². The number of carbonyl (C=O) groups is 3. The van der Waals surface area contributed by atoms with Crippen LogP contribution in [0.25, 0.3) is 0 Å². The molecule has 0 saturated heterocycles. The number of hydrogen-bond acceptors (Lipinski definition) is 4. The zero-order chi connectivity index (χ0) is 24.2. The predicted molar refractivity (Wildman–Crippen MR) is 127 cm³/mol. The van der Waals surface area contributed by atoms with Gasteiger partial charge in [0.1, 0.15) is 5.69 Å². The summed E-state index contributed by atoms with van der Waals surface area (Å²) in [4.78, 5) is 41.0. The molecule has 0 N–H and O–H groups in total. The highest BCUT2D eigenvalue weighted by Crippen LogP contribution is 2.25. The minimum absolute atomic E-state index is 0.197. The van der Waals surface area contributed by atoms with Gasteiger partial charge < -0.3 is 14.2 Å². The number of hydrogen-bond donors (Lipinski definition) is 0. The van der Waals surface area contributed by atoms with E-state index in [1.54, 1.807) is 68.5 Å². The van der Waals surface area contributed by atoms with Crippen molar-refractivity contribution in [3.8, 4) is 0 Å². The fourth-order valence-electron chi connectivity index (χ4n) is 3.81. The monoisotopic (exact) mass is 460 g/mol. The van der Waals surface area contributed by atoms with E-state index in [0.29, 0.717) is 45.6 Å². The van der Waals surface area contributed by atoms with E-state index in [-0.39, 0.29) is 18.3 Å². The summed E-state index contributed by atoms with van der Waals surface area (Å²) in [5, 5.41) is 0.543. The number of benzene rings is 1. The number of aromatic nitrogens is 1. The third kappa shape index (κ3) is 5.41. The first-order chi connectivity index (χ1) is 15.0. The fraction of sp³-hybridized carbons (Fsp3) is 0.480. The zero-order valence-corrected chi connectivity index (χ0v) is 20.7. The third-order valence-corrected chi connectivity index (χ3v) is 6.04. The molecule has 0 fully saturated rings. The lowest BCUT2D eigenvalue weighted by atomic mass is 9.98. The average Bonchev–Trinajstić information content (AvgIpc) is 2.96. The summed E-state index contributed by atoms with van der Waals surface area (Å²) < 4.78 is 6.86. The number of ether oxygens (including phenoxy) is 1. The van der Waals surface area contributed by atoms with Crippen molar-refractivity contribution < 1.29 is 19.1 Å². The second-order valence-electron chi connectivity index (χ2n) is 8.44. The van der Waals surface area contributed by atoms with Gasteiger partial charge in [0.15, 0.2) is 5.78 Å². The van der Waals surface area contributed by atoms with Gasteiger partial charge in [-0.1, -0.05) is 25.4 Å². The Kier molecular flexibility index (Phi) is 8.67. The van der Waals surface area contributed by atoms with Gasteiger partial charge in [-0.3, -0.25) is 9.59 Å². The standard InChI is InChI=1S/C25H33ClN2O4/c1-8-32-25(31)22-16(4)21(17(5)27(22)7)23(29)18(6)28(14-13-15(2)3)24(30)19-9-11-20(26)12-10-19/h9-12,15,18H,8,13-14H2,1-7H3/t18-/m1/s1. The summed E-state index contributed by atoms with van der Waals surface area (Å²) in [7, 11) is 1.74. The van der Waals surface area contributed by atoms with Crippen LogP contribution in [0.1, 0.15) is 76.6 Å². The number of ketones is 1. The summed E-state index contributed by atoms with van der Waals surface area (Å²) in [5.74, 6) is -0.512. The van der Waals surface area contributed by atoms with Crippen LogP contribution in [0.5, 0.6) is 0 Å². The van der Waals surface area contributed by atoms with E-state index in [2.05, 4.69) is 13.8 Å². The molecule has 0 unspecified atom stereocenters. The molecule has 0 radical (unpaired) electrons. The van der Waals surface area contributed by atoms with Gasteiger partial charge in [-0.15, -0.1) is 0 Å². The lowest BCUT2D eigenvalue weighted by Gasteiger charge is -2.29. The SMILES string of the molecule is CCOC(=O)c1c(C)c(C(=O)[C@@H](C)N(CCC(C)C)C(=O)c2ccc(Cl)cc2)c(C)n1C. The number of esters is 1. The lowest BCUT2D eigenvalue weighted by Crippen LogP contribution is -2.44. The van der Waals surface area contributed by atoms with Crippen LogP contribution in [0.15, 0.2) is 24.3 Å². The van der Waals surface area contributed by atoms with Crippen LogP contribution in [0.2, 0.25) is 5.02 Å². The van der Waals surface area contributed by atoms with Crippen LogP contribution in [-0.2, 0) is 11.8 Å². The van der Waals surface area contributed by atoms with Crippen molar-refractivity contribution >= 4 is 29.3 Å². The molecule has 0 spiro atoms. The Morgan fingerprint density at radius 3 is 2.22 bits per heavy atom. The topological polar surface area (TPSA) is 68.6 Å². The number of carbonyl (C=O) groups excluding carboxylic acids is 3. The van der Waals surface area contributed by atoms with Gasteiger partial charge in [-0.25, -0.2) is 4.79 Å². The minimum Gasteiger partial charge on any atom is -0.461 e. The Bertz CT molecular complexity index is 992. The van der Waals surface area contributed by atoms with E-state index >= 15 is 0 Å². The first kappa shape index (κ1) is 25.7. The zero-order valence-electron chi connectivity index (χ0n) is 20.0. The van der Waals surface area contributed by atoms with Gasteiger partial charge in [0.2, 0.25) is 0 Å². The van der Waals surface area contributed by atoms with Crippen molar-refractivity contribution in [2.45, 2.75) is 54.0 Å². The summed E-state index contributed by atoms with van der Waals surface area (Å²) in [6, 6.07) is 5.97. The highest BCUT2D eigenvalue weighted by atomic mass is 35.5. The number of halogens is 1. The summed E-state index contributed by atoms with van der Waals surface area (Å²) >= 11 is 5.97. The van der Waals surface area contributed by atoms with Crippen molar-refractivity contribution in [2.75, 3.05) is 13.2 Å². The lowest BCUT2D eigenvalue weighted by molar-refractivity contribution is 0.0513. The van der Waals surface area contributed by atoms with Crippen LogP contribution in [0, 0.1) is 19.8 Å². The molecule has 2 aromatic rings. The predicted octanol–water partition coefficient (Wildman–Crippen LogP) is 5.23. The highest BCUT2D eigenvalue weighted by Gasteiger charge is 2.32. The quantitative estimate of drug-likeness (QED) is 0.379. The van der Waals surface area contributed by atoms with E-state index in [0.717, 1.165) is 6.42 Å². The maximum atomic E-state index is 13.6. The molecule has 0 bridgehead atoms. The smallest absolute Gasteiger partial charge is 0.355 e. The van der Waals surface area contributed by atoms with Gasteiger partial charge >= 0.3 is 5.97 Å². The number of amides is 1. The van der Waals surface area contributed by atoms with E-state index < -0.39 is 12.0 Å². The van der Waals surface area contributed by atoms with E-state index in [1.165, 1.54) is 0 Å². The second-order valence-corrected chi connectivity index (χ2v) is 8.88. The molecule has 1 amide bonds. The van der Waals surface area contributed by atoms with E-state index in [1.807, 2.05) is 0 Å². The minimum atomic E-state index is -0.702. The molecule has 1 aromatic carbocycles. The molecular formula is C25H33ClN2O4. The Morgan fingerprint density at radius 2 is 1.69 bits per heavy atom. The first-order valence-electron chi connectivity index (χ1n) is 10.9. The molecule has 32 heavy (non-hydrogen) atoms. The summed E-state index contributed by atoms with van der Waals surface area (Å²) in [6.45, 7) is 11.9. The maximum Gasteiger partial charge on any atom is 0.355 e. The molecular weight excluding hydrogens is 428 g/mol. The van der Waals surface area contributed by atoms with Crippen LogP contribution < -0.4 is 0 Å². The molecule has 7 heteroatoms. The van der Waals surface area contributed by atoms with Crippen molar-refractivity contribution in [2.24, 2.45) is 13.0 Å². The molecule has 0 aliphatic carbocycles. The summed E-state index contributed by atoms with van der Waals surface area (Å²) in [5.41, 5.74) is 2.54. The van der Waals surface area contributed by atoms with E-state index in [9.17, 15) is 14.4 Å². The highest BCUT2D eigenvalue weighted by molar-refractivity contribution is 6.30. The maximum absolute atomic E-state index is 13.6. The summed E-state index contributed by atoms with van der Waals surface area (Å²) in [6.07, 6.45) is 0.762. The molecule has 0 aliphatic heterocycles. The normalized spacial score (nSPS) is 12.0. The molecule has 0 aliphatic rings. The van der Waals surface area contributed by atoms with Gasteiger partial charge in [0, 0.05) is 35.4 Å². The number of nitrogens with zero attached hydrogens (tertiary/aromatic N) is 2. The average molecular weight is 461 g/mol. The Hall–Kier alpha value is -2.60. The molecule has 1 heterocycles. The Balaban J connectivity index is 2.45. The van der Waals surface area contributed by atoms with Crippen LogP contribution in [-0.4, -0.2) is 46.3 Å². The molecule has 174 valence electrons. The van der Waals surface area contributed by atoms with Crippen molar-refractivity contribution in [1.29, 1.82) is 0 Å². The van der Waals surface area contributed by atoms with Gasteiger partial charge in [-0.2, -0.15) is 0 Å². The largest absolute Gasteiger partial charge is 0.461 e. The molecule has 2 rings (SSSR count). The van der Waals surface area contributed by atoms with Gasteiger partial charge in [0.05, 0.1) is 12.6 Å². The molecule has 0 saturated carbocycles. The Morgan fingerprint density at radius 1 is 1.09 bits per heavy atom. The molecule has 6 nitrogen and oxygen atoms in total. The Labute approximate surface area is 195 Å². The van der Waals surface area contributed by atoms with Gasteiger partial charge in [-0.05, 0) is 69.9 Å². The second kappa shape index (κ2) is 10.8. The van der Waals surface area contributed by atoms with E-state index in [4.69, 9.17) is 16.3 Å².